The van der Waals surface area contributed by atoms with Crippen LogP contribution in [0.5, 0.6) is 0 Å². The second-order valence-corrected chi connectivity index (χ2v) is 7.00. The van der Waals surface area contributed by atoms with E-state index in [1.807, 2.05) is 24.3 Å². The van der Waals surface area contributed by atoms with Crippen molar-refractivity contribution in [2.75, 3.05) is 0 Å². The number of carbonyl (C=O) groups is 1. The molecule has 2 aromatic heterocycles. The van der Waals surface area contributed by atoms with E-state index in [0.717, 1.165) is 29.4 Å². The zero-order valence-electron chi connectivity index (χ0n) is 14.5. The summed E-state index contributed by atoms with van der Waals surface area (Å²) in [7, 11) is 0. The van der Waals surface area contributed by atoms with Gasteiger partial charge in [0.2, 0.25) is 0 Å². The van der Waals surface area contributed by atoms with E-state index in [-0.39, 0.29) is 5.91 Å². The summed E-state index contributed by atoms with van der Waals surface area (Å²) in [4.78, 5) is 16.0. The maximum Gasteiger partial charge on any atom is 0.287 e. The Kier molecular flexibility index (Phi) is 3.56. The van der Waals surface area contributed by atoms with Crippen LogP contribution in [0.25, 0.3) is 21.9 Å². The summed E-state index contributed by atoms with van der Waals surface area (Å²) in [5.74, 6) is 0.170. The van der Waals surface area contributed by atoms with Crippen LogP contribution in [-0.2, 0) is 19.4 Å². The SMILES string of the molecule is O=C(NCc1ccc2[nH]c3c(c2c1)CCCC3)c1cc2ccccc2o1. The molecule has 4 nitrogen and oxygen atoms in total. The molecule has 0 spiro atoms. The third kappa shape index (κ3) is 2.58. The van der Waals surface area contributed by atoms with Gasteiger partial charge in [-0.15, -0.1) is 0 Å². The van der Waals surface area contributed by atoms with E-state index in [2.05, 4.69) is 28.5 Å². The first-order valence-corrected chi connectivity index (χ1v) is 9.17. The number of hydrogen-bond acceptors (Lipinski definition) is 2. The zero-order valence-corrected chi connectivity index (χ0v) is 14.5. The molecule has 0 aliphatic heterocycles. The van der Waals surface area contributed by atoms with Gasteiger partial charge in [0.1, 0.15) is 5.58 Å². The fourth-order valence-corrected chi connectivity index (χ4v) is 3.93. The van der Waals surface area contributed by atoms with Crippen molar-refractivity contribution in [3.05, 3.63) is 71.1 Å². The minimum absolute atomic E-state index is 0.183. The second kappa shape index (κ2) is 6.06. The number of aromatic amines is 1. The lowest BCUT2D eigenvalue weighted by molar-refractivity contribution is 0.0925. The molecule has 0 fully saturated rings. The average Bonchev–Trinajstić information content (AvgIpc) is 3.27. The Morgan fingerprint density at radius 3 is 2.88 bits per heavy atom. The largest absolute Gasteiger partial charge is 0.451 e. The van der Waals surface area contributed by atoms with Crippen molar-refractivity contribution >= 4 is 27.8 Å². The van der Waals surface area contributed by atoms with Crippen LogP contribution in [0.2, 0.25) is 0 Å². The smallest absolute Gasteiger partial charge is 0.287 e. The van der Waals surface area contributed by atoms with Gasteiger partial charge in [-0.25, -0.2) is 0 Å². The van der Waals surface area contributed by atoms with Gasteiger partial charge in [0.15, 0.2) is 5.76 Å². The summed E-state index contributed by atoms with van der Waals surface area (Å²) < 4.78 is 5.63. The Morgan fingerprint density at radius 2 is 1.96 bits per heavy atom. The highest BCUT2D eigenvalue weighted by Gasteiger charge is 2.16. The molecule has 0 bridgehead atoms. The highest BCUT2D eigenvalue weighted by molar-refractivity contribution is 5.96. The number of carbonyl (C=O) groups excluding carboxylic acids is 1. The first-order chi connectivity index (χ1) is 12.8. The topological polar surface area (TPSA) is 58.0 Å². The molecule has 1 amide bonds. The molecule has 1 aliphatic rings. The van der Waals surface area contributed by atoms with Crippen LogP contribution in [-0.4, -0.2) is 10.9 Å². The van der Waals surface area contributed by atoms with Crippen molar-refractivity contribution < 1.29 is 9.21 Å². The molecule has 0 radical (unpaired) electrons. The number of aryl methyl sites for hydroxylation is 2. The number of amides is 1. The van der Waals surface area contributed by atoms with E-state index < -0.39 is 0 Å². The van der Waals surface area contributed by atoms with E-state index in [1.54, 1.807) is 6.07 Å². The van der Waals surface area contributed by atoms with Crippen molar-refractivity contribution in [1.29, 1.82) is 0 Å². The maximum absolute atomic E-state index is 12.4. The van der Waals surface area contributed by atoms with Crippen molar-refractivity contribution in [1.82, 2.24) is 10.3 Å². The zero-order chi connectivity index (χ0) is 17.5. The van der Waals surface area contributed by atoms with Gasteiger partial charge in [0.05, 0.1) is 0 Å². The predicted molar refractivity (Wildman–Crippen MR) is 102 cm³/mol. The average molecular weight is 344 g/mol. The molecule has 26 heavy (non-hydrogen) atoms. The van der Waals surface area contributed by atoms with Crippen LogP contribution in [0.1, 0.15) is 40.2 Å². The van der Waals surface area contributed by atoms with Gasteiger partial charge >= 0.3 is 0 Å². The minimum atomic E-state index is -0.183. The normalized spacial score (nSPS) is 13.8. The summed E-state index contributed by atoms with van der Waals surface area (Å²) in [5.41, 5.74) is 5.88. The molecule has 4 aromatic rings. The molecule has 0 saturated carbocycles. The van der Waals surface area contributed by atoms with Crippen LogP contribution in [0, 0.1) is 0 Å². The Labute approximate surface area is 151 Å². The molecule has 4 heteroatoms. The van der Waals surface area contributed by atoms with Gasteiger partial charge < -0.3 is 14.7 Å². The lowest BCUT2D eigenvalue weighted by Crippen LogP contribution is -2.22. The fraction of sp³-hybridized carbons (Fsp3) is 0.227. The van der Waals surface area contributed by atoms with E-state index in [9.17, 15) is 4.79 Å². The monoisotopic (exact) mass is 344 g/mol. The minimum Gasteiger partial charge on any atom is -0.451 e. The number of H-pyrrole nitrogens is 1. The van der Waals surface area contributed by atoms with Crippen LogP contribution >= 0.6 is 0 Å². The lowest BCUT2D eigenvalue weighted by Gasteiger charge is -2.10. The van der Waals surface area contributed by atoms with Crippen LogP contribution < -0.4 is 5.32 Å². The molecule has 0 atom stereocenters. The summed E-state index contributed by atoms with van der Waals surface area (Å²) in [6.45, 7) is 0.492. The highest BCUT2D eigenvalue weighted by Crippen LogP contribution is 2.29. The number of para-hydroxylation sites is 1. The van der Waals surface area contributed by atoms with Gasteiger partial charge in [0.25, 0.3) is 5.91 Å². The number of benzene rings is 2. The van der Waals surface area contributed by atoms with Crippen molar-refractivity contribution in [2.24, 2.45) is 0 Å². The molecular formula is C22H20N2O2. The van der Waals surface area contributed by atoms with E-state index in [0.29, 0.717) is 12.3 Å². The second-order valence-electron chi connectivity index (χ2n) is 7.00. The van der Waals surface area contributed by atoms with E-state index in [4.69, 9.17) is 4.42 Å². The van der Waals surface area contributed by atoms with Gasteiger partial charge in [-0.3, -0.25) is 4.79 Å². The van der Waals surface area contributed by atoms with Gasteiger partial charge in [-0.2, -0.15) is 0 Å². The van der Waals surface area contributed by atoms with Gasteiger partial charge in [-0.05, 0) is 61.1 Å². The fourth-order valence-electron chi connectivity index (χ4n) is 3.93. The van der Waals surface area contributed by atoms with Gasteiger partial charge in [0, 0.05) is 28.5 Å². The number of rotatable bonds is 3. The molecule has 2 N–H and O–H groups in total. The Balaban J connectivity index is 1.36. The quantitative estimate of drug-likeness (QED) is 0.565. The van der Waals surface area contributed by atoms with Crippen LogP contribution in [0.4, 0.5) is 0 Å². The molecule has 0 saturated heterocycles. The molecule has 2 aromatic carbocycles. The lowest BCUT2D eigenvalue weighted by atomic mass is 9.95. The van der Waals surface area contributed by atoms with Crippen LogP contribution in [0.15, 0.2) is 52.9 Å². The Bertz CT molecular complexity index is 1090. The summed E-state index contributed by atoms with van der Waals surface area (Å²) in [5, 5.41) is 5.21. The van der Waals surface area contributed by atoms with E-state index >= 15 is 0 Å². The molecule has 130 valence electrons. The third-order valence-corrected chi connectivity index (χ3v) is 5.26. The molecule has 5 rings (SSSR count). The molecule has 2 heterocycles. The van der Waals surface area contributed by atoms with Crippen molar-refractivity contribution in [2.45, 2.75) is 32.2 Å². The van der Waals surface area contributed by atoms with E-state index in [1.165, 1.54) is 35.0 Å². The molecular weight excluding hydrogens is 324 g/mol. The number of hydrogen-bond donors (Lipinski definition) is 2. The predicted octanol–water partition coefficient (Wildman–Crippen LogP) is 4.72. The summed E-state index contributed by atoms with van der Waals surface area (Å²) in [6, 6.07) is 15.8. The first-order valence-electron chi connectivity index (χ1n) is 9.17. The summed E-state index contributed by atoms with van der Waals surface area (Å²) in [6.07, 6.45) is 4.81. The van der Waals surface area contributed by atoms with Crippen LogP contribution in [0.3, 0.4) is 0 Å². The molecule has 0 unspecified atom stereocenters. The first kappa shape index (κ1) is 15.3. The Hall–Kier alpha value is -3.01. The maximum atomic E-state index is 12.4. The number of fused-ring (bicyclic) bond motifs is 4. The standard InChI is InChI=1S/C22H20N2O2/c25-22(21-12-15-5-1-4-8-20(15)26-21)23-13-14-9-10-19-17(11-14)16-6-2-3-7-18(16)24-19/h1,4-5,8-12,24H,2-3,6-7,13H2,(H,23,25). The van der Waals surface area contributed by atoms with Gasteiger partial charge in [-0.1, -0.05) is 24.3 Å². The third-order valence-electron chi connectivity index (χ3n) is 5.26. The summed E-state index contributed by atoms with van der Waals surface area (Å²) >= 11 is 0. The number of aromatic nitrogens is 1. The number of furan rings is 1. The Morgan fingerprint density at radius 1 is 1.08 bits per heavy atom. The highest BCUT2D eigenvalue weighted by atomic mass is 16.3. The number of nitrogens with one attached hydrogen (secondary N) is 2. The van der Waals surface area contributed by atoms with Crippen molar-refractivity contribution in [3.63, 3.8) is 0 Å². The molecule has 1 aliphatic carbocycles. The van der Waals surface area contributed by atoms with Crippen molar-refractivity contribution in [3.8, 4) is 0 Å².